The van der Waals surface area contributed by atoms with Gasteiger partial charge in [-0.15, -0.1) is 11.8 Å². The van der Waals surface area contributed by atoms with Crippen molar-refractivity contribution in [3.63, 3.8) is 0 Å². The van der Waals surface area contributed by atoms with Crippen LogP contribution in [-0.4, -0.2) is 53.4 Å². The number of likely N-dealkylation sites (tertiary alicyclic amines) is 1. The van der Waals surface area contributed by atoms with E-state index in [0.717, 1.165) is 31.3 Å². The zero-order valence-electron chi connectivity index (χ0n) is 14.0. The van der Waals surface area contributed by atoms with Crippen molar-refractivity contribution < 1.29 is 19.4 Å². The number of hydrogen-bond donors (Lipinski definition) is 1. The van der Waals surface area contributed by atoms with Crippen LogP contribution in [0.3, 0.4) is 0 Å². The molecule has 1 atom stereocenters. The highest BCUT2D eigenvalue weighted by atomic mass is 32.2. The lowest BCUT2D eigenvalue weighted by Gasteiger charge is -2.32. The van der Waals surface area contributed by atoms with Gasteiger partial charge in [-0.1, -0.05) is 17.7 Å². The number of piperidine rings is 1. The highest BCUT2D eigenvalue weighted by molar-refractivity contribution is 8.00. The number of benzene rings is 1. The summed E-state index contributed by atoms with van der Waals surface area (Å²) >= 11 is 2.01. The van der Waals surface area contributed by atoms with E-state index in [-0.39, 0.29) is 18.5 Å². The third kappa shape index (κ3) is 6.17. The normalized spacial score (nSPS) is 21.7. The van der Waals surface area contributed by atoms with E-state index in [1.54, 1.807) is 0 Å². The van der Waals surface area contributed by atoms with Gasteiger partial charge in [0.1, 0.15) is 6.10 Å². The summed E-state index contributed by atoms with van der Waals surface area (Å²) in [5.41, 5.74) is 1.32. The van der Waals surface area contributed by atoms with Gasteiger partial charge in [0.05, 0.1) is 0 Å². The van der Waals surface area contributed by atoms with Crippen LogP contribution < -0.4 is 0 Å². The Morgan fingerprint density at radius 1 is 1.25 bits per heavy atom. The van der Waals surface area contributed by atoms with Gasteiger partial charge in [0, 0.05) is 23.1 Å². The lowest BCUT2D eigenvalue weighted by atomic mass is 10.1. The molecule has 1 aromatic carbocycles. The van der Waals surface area contributed by atoms with E-state index in [1.807, 2.05) is 11.8 Å². The first-order chi connectivity index (χ1) is 11.6. The molecule has 132 valence electrons. The van der Waals surface area contributed by atoms with Crippen LogP contribution in [-0.2, 0) is 14.3 Å². The van der Waals surface area contributed by atoms with Crippen LogP contribution in [0.25, 0.3) is 0 Å². The molecule has 1 unspecified atom stereocenters. The van der Waals surface area contributed by atoms with Gasteiger partial charge in [-0.3, -0.25) is 14.5 Å². The van der Waals surface area contributed by atoms with Crippen molar-refractivity contribution in [3.8, 4) is 0 Å². The molecular formula is C18H25NO4S. The topological polar surface area (TPSA) is 66.8 Å². The van der Waals surface area contributed by atoms with E-state index < -0.39 is 0 Å². The number of esters is 1. The minimum absolute atomic E-state index is 0.0233. The van der Waals surface area contributed by atoms with Gasteiger partial charge in [-0.25, -0.2) is 0 Å². The Balaban J connectivity index is 0.000000647. The minimum atomic E-state index is -0.250. The number of carboxylic acid groups (broad SMARTS) is 1. The van der Waals surface area contributed by atoms with E-state index in [0.29, 0.717) is 6.42 Å². The zero-order chi connectivity index (χ0) is 17.4. The molecule has 2 aliphatic rings. The Hall–Kier alpha value is -1.53. The molecule has 2 aliphatic heterocycles. The average Bonchev–Trinajstić information content (AvgIpc) is 2.97. The van der Waals surface area contributed by atoms with Gasteiger partial charge >= 0.3 is 5.97 Å². The number of aryl methyl sites for hydroxylation is 1. The number of cyclic esters (lactones) is 1. The summed E-state index contributed by atoms with van der Waals surface area (Å²) in [4.78, 5) is 23.3. The summed E-state index contributed by atoms with van der Waals surface area (Å²) in [5, 5.41) is 7.61. The van der Waals surface area contributed by atoms with Crippen molar-refractivity contribution in [1.29, 1.82) is 0 Å². The molecule has 2 heterocycles. The maximum Gasteiger partial charge on any atom is 0.306 e. The average molecular weight is 351 g/mol. The Morgan fingerprint density at radius 2 is 1.88 bits per heavy atom. The largest absolute Gasteiger partial charge is 0.483 e. The highest BCUT2D eigenvalue weighted by Crippen LogP contribution is 2.30. The summed E-state index contributed by atoms with van der Waals surface area (Å²) in [6, 6.07) is 8.83. The second-order valence-electron chi connectivity index (χ2n) is 6.19. The quantitative estimate of drug-likeness (QED) is 0.664. The molecule has 0 amide bonds. The molecule has 6 heteroatoms. The van der Waals surface area contributed by atoms with Crippen molar-refractivity contribution in [1.82, 2.24) is 4.90 Å². The number of thioether (sulfide) groups is 1. The maximum absolute atomic E-state index is 11.1. The molecule has 0 aliphatic carbocycles. The first-order valence-electron chi connectivity index (χ1n) is 8.33. The second-order valence-corrected chi connectivity index (χ2v) is 7.56. The minimum Gasteiger partial charge on any atom is -0.483 e. The lowest BCUT2D eigenvalue weighted by Crippen LogP contribution is -2.39. The van der Waals surface area contributed by atoms with Crippen LogP contribution in [0.2, 0.25) is 0 Å². The fourth-order valence-electron chi connectivity index (χ4n) is 3.02. The second kappa shape index (κ2) is 9.69. The number of carbonyl (C=O) groups is 2. The molecule has 0 bridgehead atoms. The molecule has 1 aromatic rings. The van der Waals surface area contributed by atoms with Crippen LogP contribution >= 0.6 is 11.8 Å². The van der Waals surface area contributed by atoms with E-state index in [9.17, 15) is 4.79 Å². The highest BCUT2D eigenvalue weighted by Gasteiger charge is 2.27. The number of nitrogens with zero attached hydrogens (tertiary/aromatic N) is 1. The molecule has 1 N–H and O–H groups in total. The van der Waals surface area contributed by atoms with E-state index in [4.69, 9.17) is 14.6 Å². The first-order valence-corrected chi connectivity index (χ1v) is 9.21. The molecule has 5 nitrogen and oxygen atoms in total. The van der Waals surface area contributed by atoms with Gasteiger partial charge in [-0.05, 0) is 51.4 Å². The van der Waals surface area contributed by atoms with E-state index in [2.05, 4.69) is 36.1 Å². The van der Waals surface area contributed by atoms with Gasteiger partial charge in [-0.2, -0.15) is 0 Å². The molecule has 0 aromatic heterocycles. The summed E-state index contributed by atoms with van der Waals surface area (Å²) in [6.45, 7) is 5.05. The molecule has 0 spiro atoms. The maximum atomic E-state index is 11.1. The number of hydrogen-bond acceptors (Lipinski definition) is 5. The standard InChI is InChI=1S/C17H23NO2S.CH2O2/c1-13-2-5-15(6-3-13)21-16-8-10-18(11-9-16)12-14-4-7-17(19)20-14;2-1-3/h2-3,5-6,14,16H,4,7-12H2,1H3;1H,(H,2,3). The third-order valence-electron chi connectivity index (χ3n) is 4.29. The fourth-order valence-corrected chi connectivity index (χ4v) is 4.14. The van der Waals surface area contributed by atoms with Gasteiger partial charge in [0.25, 0.3) is 6.47 Å². The van der Waals surface area contributed by atoms with Crippen LogP contribution in [0.15, 0.2) is 29.2 Å². The van der Waals surface area contributed by atoms with Gasteiger partial charge in [0.15, 0.2) is 0 Å². The SMILES string of the molecule is Cc1ccc(SC2CCN(CC3CCC(=O)O3)CC2)cc1.O=CO. The first kappa shape index (κ1) is 18.8. The molecule has 2 saturated heterocycles. The number of rotatable bonds is 4. The smallest absolute Gasteiger partial charge is 0.306 e. The van der Waals surface area contributed by atoms with E-state index >= 15 is 0 Å². The Morgan fingerprint density at radius 3 is 2.42 bits per heavy atom. The predicted molar refractivity (Wildman–Crippen MR) is 94.3 cm³/mol. The van der Waals surface area contributed by atoms with Crippen LogP contribution in [0.5, 0.6) is 0 Å². The summed E-state index contributed by atoms with van der Waals surface area (Å²) < 4.78 is 5.31. The molecule has 0 radical (unpaired) electrons. The van der Waals surface area contributed by atoms with Crippen LogP contribution in [0.4, 0.5) is 0 Å². The van der Waals surface area contributed by atoms with Crippen LogP contribution in [0.1, 0.15) is 31.2 Å². The van der Waals surface area contributed by atoms with Crippen molar-refractivity contribution in [2.24, 2.45) is 0 Å². The van der Waals surface area contributed by atoms with Gasteiger partial charge < -0.3 is 9.84 Å². The molecule has 2 fully saturated rings. The number of carbonyl (C=O) groups excluding carboxylic acids is 1. The van der Waals surface area contributed by atoms with Crippen molar-refractivity contribution in [2.75, 3.05) is 19.6 Å². The van der Waals surface area contributed by atoms with E-state index in [1.165, 1.54) is 23.3 Å². The van der Waals surface area contributed by atoms with Crippen molar-refractivity contribution >= 4 is 24.2 Å². The molecular weight excluding hydrogens is 326 g/mol. The fraction of sp³-hybridized carbons (Fsp3) is 0.556. The lowest BCUT2D eigenvalue weighted by molar-refractivity contribution is -0.142. The van der Waals surface area contributed by atoms with Crippen molar-refractivity contribution in [2.45, 2.75) is 48.9 Å². The summed E-state index contributed by atoms with van der Waals surface area (Å²) in [5.74, 6) is -0.0233. The Labute approximate surface area is 147 Å². The van der Waals surface area contributed by atoms with Gasteiger partial charge in [0.2, 0.25) is 0 Å². The third-order valence-corrected chi connectivity index (χ3v) is 5.64. The predicted octanol–water partition coefficient (Wildman–Crippen LogP) is 2.96. The molecule has 24 heavy (non-hydrogen) atoms. The molecule has 0 saturated carbocycles. The Bertz CT molecular complexity index is 526. The monoisotopic (exact) mass is 351 g/mol. The van der Waals surface area contributed by atoms with Crippen LogP contribution in [0, 0.1) is 6.92 Å². The molecule has 3 rings (SSSR count). The summed E-state index contributed by atoms with van der Waals surface area (Å²) in [7, 11) is 0. The van der Waals surface area contributed by atoms with Crippen molar-refractivity contribution in [3.05, 3.63) is 29.8 Å². The Kier molecular flexibility index (Phi) is 7.59. The number of ether oxygens (including phenoxy) is 1. The summed E-state index contributed by atoms with van der Waals surface area (Å²) in [6.07, 6.45) is 4.08. The zero-order valence-corrected chi connectivity index (χ0v) is 14.8.